The Morgan fingerprint density at radius 3 is 3.00 bits per heavy atom. The first kappa shape index (κ1) is 10.5. The van der Waals surface area contributed by atoms with Crippen molar-refractivity contribution in [3.63, 3.8) is 0 Å². The van der Waals surface area contributed by atoms with Crippen LogP contribution in [0.4, 0.5) is 0 Å². The van der Waals surface area contributed by atoms with Crippen LogP contribution in [0.2, 0.25) is 0 Å². The summed E-state index contributed by atoms with van der Waals surface area (Å²) in [5.41, 5.74) is 0. The molecule has 0 radical (unpaired) electrons. The Kier molecular flexibility index (Phi) is 5.27. The molecule has 0 aliphatic heterocycles. The maximum atomic E-state index is 4.31. The van der Waals surface area contributed by atoms with Gasteiger partial charge in [-0.25, -0.2) is 4.98 Å². The lowest BCUT2D eigenvalue weighted by Gasteiger charge is -1.94. The fourth-order valence-electron chi connectivity index (χ4n) is 0.817. The van der Waals surface area contributed by atoms with Gasteiger partial charge in [-0.3, -0.25) is 0 Å². The van der Waals surface area contributed by atoms with E-state index < -0.39 is 0 Å². The maximum absolute atomic E-state index is 4.31. The van der Waals surface area contributed by atoms with Crippen LogP contribution >= 0.6 is 39.0 Å². The molecule has 0 atom stereocenters. The number of nitrogens with zero attached hydrogens (tertiary/aromatic N) is 1. The molecule has 1 rings (SSSR count). The van der Waals surface area contributed by atoms with E-state index in [0.717, 1.165) is 4.60 Å². The van der Waals surface area contributed by atoms with Crippen LogP contribution in [0, 0.1) is 0 Å². The number of unbranched alkanes of at least 4 members (excludes halogenated alkanes) is 2. The molecule has 0 aliphatic carbocycles. The second-order valence-electron chi connectivity index (χ2n) is 2.49. The quantitative estimate of drug-likeness (QED) is 0.585. The standard InChI is InChI=1S/C8H12BrNS2/c1-2-3-4-5-11-8-10-7(9)6-12-8/h6H,2-5H2,1H3. The van der Waals surface area contributed by atoms with Crippen LogP contribution in [-0.4, -0.2) is 10.7 Å². The number of halogens is 1. The Bertz CT molecular complexity index is 225. The van der Waals surface area contributed by atoms with Crippen LogP contribution in [0.3, 0.4) is 0 Å². The van der Waals surface area contributed by atoms with Crippen LogP contribution in [0.1, 0.15) is 26.2 Å². The van der Waals surface area contributed by atoms with E-state index >= 15 is 0 Å². The second-order valence-corrected chi connectivity index (χ2v) is 5.50. The number of hydrogen-bond donors (Lipinski definition) is 0. The van der Waals surface area contributed by atoms with Gasteiger partial charge in [0.2, 0.25) is 0 Å². The zero-order chi connectivity index (χ0) is 8.81. The molecule has 0 saturated heterocycles. The summed E-state index contributed by atoms with van der Waals surface area (Å²) in [5, 5.41) is 2.03. The summed E-state index contributed by atoms with van der Waals surface area (Å²) in [5.74, 6) is 1.20. The molecular formula is C8H12BrNS2. The van der Waals surface area contributed by atoms with Crippen molar-refractivity contribution in [2.45, 2.75) is 30.5 Å². The number of thiazole rings is 1. The third-order valence-electron chi connectivity index (χ3n) is 1.43. The molecule has 12 heavy (non-hydrogen) atoms. The molecule has 0 amide bonds. The van der Waals surface area contributed by atoms with Crippen molar-refractivity contribution in [1.82, 2.24) is 4.98 Å². The highest BCUT2D eigenvalue weighted by atomic mass is 79.9. The Balaban J connectivity index is 2.15. The maximum Gasteiger partial charge on any atom is 0.151 e. The molecular weight excluding hydrogens is 254 g/mol. The topological polar surface area (TPSA) is 12.9 Å². The van der Waals surface area contributed by atoms with Gasteiger partial charge in [0.25, 0.3) is 0 Å². The van der Waals surface area contributed by atoms with Gasteiger partial charge >= 0.3 is 0 Å². The third-order valence-corrected chi connectivity index (χ3v) is 4.25. The predicted octanol–water partition coefficient (Wildman–Crippen LogP) is 4.19. The smallest absolute Gasteiger partial charge is 0.151 e. The molecule has 68 valence electrons. The summed E-state index contributed by atoms with van der Waals surface area (Å²) in [4.78, 5) is 4.31. The van der Waals surface area contributed by atoms with E-state index in [-0.39, 0.29) is 0 Å². The zero-order valence-electron chi connectivity index (χ0n) is 7.05. The molecule has 1 heterocycles. The molecule has 0 spiro atoms. The largest absolute Gasteiger partial charge is 0.223 e. The Morgan fingerprint density at radius 1 is 1.58 bits per heavy atom. The van der Waals surface area contributed by atoms with E-state index in [2.05, 4.69) is 27.8 Å². The van der Waals surface area contributed by atoms with Gasteiger partial charge in [-0.15, -0.1) is 11.3 Å². The lowest BCUT2D eigenvalue weighted by atomic mass is 10.3. The van der Waals surface area contributed by atoms with E-state index in [0.29, 0.717) is 0 Å². The third kappa shape index (κ3) is 3.92. The van der Waals surface area contributed by atoms with Gasteiger partial charge in [0, 0.05) is 11.1 Å². The van der Waals surface area contributed by atoms with Gasteiger partial charge < -0.3 is 0 Å². The summed E-state index contributed by atoms with van der Waals surface area (Å²) in [6.07, 6.45) is 3.93. The number of thioether (sulfide) groups is 1. The molecule has 0 N–H and O–H groups in total. The SMILES string of the molecule is CCCCCSc1nc(Br)cs1. The van der Waals surface area contributed by atoms with Crippen LogP contribution in [0.25, 0.3) is 0 Å². The van der Waals surface area contributed by atoms with Crippen LogP contribution in [-0.2, 0) is 0 Å². The van der Waals surface area contributed by atoms with Crippen molar-refractivity contribution in [2.24, 2.45) is 0 Å². The minimum Gasteiger partial charge on any atom is -0.223 e. The van der Waals surface area contributed by atoms with Gasteiger partial charge in [-0.2, -0.15) is 0 Å². The lowest BCUT2D eigenvalue weighted by molar-refractivity contribution is 0.778. The van der Waals surface area contributed by atoms with E-state index in [9.17, 15) is 0 Å². The monoisotopic (exact) mass is 265 g/mol. The lowest BCUT2D eigenvalue weighted by Crippen LogP contribution is -1.78. The highest BCUT2D eigenvalue weighted by Crippen LogP contribution is 2.25. The molecule has 1 nitrogen and oxygen atoms in total. The fourth-order valence-corrected chi connectivity index (χ4v) is 3.26. The average Bonchev–Trinajstić information content (AvgIpc) is 2.45. The van der Waals surface area contributed by atoms with E-state index in [1.54, 1.807) is 11.3 Å². The first-order valence-electron chi connectivity index (χ1n) is 4.06. The normalized spacial score (nSPS) is 10.5. The van der Waals surface area contributed by atoms with Crippen LogP contribution in [0.5, 0.6) is 0 Å². The minimum atomic E-state index is 0.963. The average molecular weight is 266 g/mol. The van der Waals surface area contributed by atoms with Gasteiger partial charge in [0.05, 0.1) is 0 Å². The molecule has 4 heteroatoms. The molecule has 0 fully saturated rings. The predicted molar refractivity (Wildman–Crippen MR) is 60.1 cm³/mol. The molecule has 0 bridgehead atoms. The van der Waals surface area contributed by atoms with Crippen LogP contribution in [0.15, 0.2) is 14.3 Å². The van der Waals surface area contributed by atoms with Crippen molar-refractivity contribution in [2.75, 3.05) is 5.75 Å². The second kappa shape index (κ2) is 6.00. The van der Waals surface area contributed by atoms with Crippen molar-refractivity contribution in [1.29, 1.82) is 0 Å². The molecule has 0 aliphatic rings. The van der Waals surface area contributed by atoms with E-state index in [1.165, 1.54) is 29.4 Å². The molecule has 1 aromatic heterocycles. The summed E-state index contributed by atoms with van der Waals surface area (Å²) >= 11 is 6.91. The first-order chi connectivity index (χ1) is 5.83. The van der Waals surface area contributed by atoms with E-state index in [1.807, 2.05) is 17.1 Å². The van der Waals surface area contributed by atoms with E-state index in [4.69, 9.17) is 0 Å². The Hall–Kier alpha value is 0.460. The van der Waals surface area contributed by atoms with Gasteiger partial charge in [-0.05, 0) is 22.4 Å². The molecule has 0 unspecified atom stereocenters. The van der Waals surface area contributed by atoms with Crippen LogP contribution < -0.4 is 0 Å². The minimum absolute atomic E-state index is 0.963. The number of rotatable bonds is 5. The van der Waals surface area contributed by atoms with Crippen molar-refractivity contribution >= 4 is 39.0 Å². The van der Waals surface area contributed by atoms with Crippen molar-refractivity contribution < 1.29 is 0 Å². The summed E-state index contributed by atoms with van der Waals surface area (Å²) in [6.45, 7) is 2.23. The Labute approximate surface area is 90.1 Å². The Morgan fingerprint density at radius 2 is 2.42 bits per heavy atom. The number of aromatic nitrogens is 1. The summed E-state index contributed by atoms with van der Waals surface area (Å²) < 4.78 is 2.14. The van der Waals surface area contributed by atoms with Gasteiger partial charge in [0.1, 0.15) is 4.60 Å². The molecule has 0 saturated carbocycles. The highest BCUT2D eigenvalue weighted by Gasteiger charge is 1.98. The first-order valence-corrected chi connectivity index (χ1v) is 6.72. The molecule has 0 aromatic carbocycles. The summed E-state index contributed by atoms with van der Waals surface area (Å²) in [7, 11) is 0. The zero-order valence-corrected chi connectivity index (χ0v) is 10.3. The van der Waals surface area contributed by atoms with Gasteiger partial charge in [0.15, 0.2) is 4.34 Å². The highest BCUT2D eigenvalue weighted by molar-refractivity contribution is 9.10. The summed E-state index contributed by atoms with van der Waals surface area (Å²) in [6, 6.07) is 0. The van der Waals surface area contributed by atoms with Crippen molar-refractivity contribution in [3.8, 4) is 0 Å². The van der Waals surface area contributed by atoms with Crippen molar-refractivity contribution in [3.05, 3.63) is 9.98 Å². The fraction of sp³-hybridized carbons (Fsp3) is 0.625. The molecule has 1 aromatic rings. The number of hydrogen-bond acceptors (Lipinski definition) is 3. The van der Waals surface area contributed by atoms with Gasteiger partial charge in [-0.1, -0.05) is 31.5 Å².